The Kier molecular flexibility index (Phi) is 12.6. The van der Waals surface area contributed by atoms with Gasteiger partial charge in [0.25, 0.3) is 0 Å². The van der Waals surface area contributed by atoms with Crippen molar-refractivity contribution < 1.29 is 19.1 Å². The molecule has 5 heterocycles. The highest BCUT2D eigenvalue weighted by Gasteiger charge is 2.27. The molecule has 2 aromatic carbocycles. The van der Waals surface area contributed by atoms with Crippen molar-refractivity contribution in [2.75, 3.05) is 14.2 Å². The van der Waals surface area contributed by atoms with Crippen LogP contribution < -0.4 is 0 Å². The molecule has 0 saturated heterocycles. The number of allylic oxidation sites excluding steroid dienone is 5. The van der Waals surface area contributed by atoms with E-state index in [-0.39, 0.29) is 30.7 Å². The van der Waals surface area contributed by atoms with Gasteiger partial charge in [0.15, 0.2) is 0 Å². The molecule has 0 unspecified atom stereocenters. The molecule has 310 valence electrons. The summed E-state index contributed by atoms with van der Waals surface area (Å²) in [4.78, 5) is 43.3. The lowest BCUT2D eigenvalue weighted by molar-refractivity contribution is -0.141. The van der Waals surface area contributed by atoms with Gasteiger partial charge in [-0.2, -0.15) is 5.26 Å². The van der Waals surface area contributed by atoms with Gasteiger partial charge < -0.3 is 19.4 Å². The van der Waals surface area contributed by atoms with E-state index < -0.39 is 0 Å². The number of nitrogens with zero attached hydrogens (tertiary/aromatic N) is 3. The normalized spacial score (nSPS) is 12.9. The summed E-state index contributed by atoms with van der Waals surface area (Å²) in [7, 11) is 2.81. The third-order valence-corrected chi connectivity index (χ3v) is 12.3. The highest BCUT2D eigenvalue weighted by Crippen LogP contribution is 2.42. The number of H-pyrrole nitrogens is 2. The topological polar surface area (TPSA) is 134 Å². The predicted molar refractivity (Wildman–Crippen MR) is 245 cm³/mol. The van der Waals surface area contributed by atoms with Crippen LogP contribution in [0.1, 0.15) is 121 Å². The summed E-state index contributed by atoms with van der Waals surface area (Å²) >= 11 is 0. The van der Waals surface area contributed by atoms with E-state index in [0.29, 0.717) is 24.8 Å². The SMILES string of the molecule is CCC1=C(C)c2nc1cc1[nH]c(cc3[nH]c(cc4nc(c2/C=C(\C#N)C(c2ccccc2)c2ccccc2)C(CC)=C4C)c(C)c3CCC(=O)OC)c(CCC(=O)OC)c1C. The largest absolute Gasteiger partial charge is 0.469 e. The molecule has 0 spiro atoms. The van der Waals surface area contributed by atoms with Gasteiger partial charge in [0.05, 0.1) is 43.1 Å². The van der Waals surface area contributed by atoms with Gasteiger partial charge in [-0.1, -0.05) is 74.5 Å². The van der Waals surface area contributed by atoms with Crippen molar-refractivity contribution in [1.29, 1.82) is 5.26 Å². The minimum Gasteiger partial charge on any atom is -0.469 e. The van der Waals surface area contributed by atoms with Crippen molar-refractivity contribution in [3.05, 3.63) is 146 Å². The number of ether oxygens (including phenoxy) is 2. The van der Waals surface area contributed by atoms with Gasteiger partial charge in [0, 0.05) is 52.0 Å². The van der Waals surface area contributed by atoms with E-state index in [4.69, 9.17) is 19.4 Å². The Hall–Kier alpha value is -6.79. The first-order valence-electron chi connectivity index (χ1n) is 21.0. The molecular formula is C52H53N5O4. The lowest BCUT2D eigenvalue weighted by Gasteiger charge is -2.18. The number of aryl methyl sites for hydroxylation is 4. The molecule has 3 aromatic heterocycles. The fourth-order valence-corrected chi connectivity index (χ4v) is 8.87. The lowest BCUT2D eigenvalue weighted by Crippen LogP contribution is -2.05. The van der Waals surface area contributed by atoms with Crippen LogP contribution in [0.5, 0.6) is 0 Å². The average molecular weight is 812 g/mol. The van der Waals surface area contributed by atoms with E-state index in [1.165, 1.54) is 14.2 Å². The number of aromatic amines is 2. The molecule has 7 rings (SSSR count). The molecule has 0 aliphatic carbocycles. The van der Waals surface area contributed by atoms with E-state index in [9.17, 15) is 14.9 Å². The molecule has 2 N–H and O–H groups in total. The maximum atomic E-state index is 12.5. The number of hydrogen-bond donors (Lipinski definition) is 2. The Morgan fingerprint density at radius 3 is 1.64 bits per heavy atom. The van der Waals surface area contributed by atoms with Crippen molar-refractivity contribution in [2.24, 2.45) is 0 Å². The molecule has 2 aliphatic heterocycles. The molecule has 0 atom stereocenters. The highest BCUT2D eigenvalue weighted by atomic mass is 16.5. The number of nitrogens with one attached hydrogen (secondary N) is 2. The first kappa shape index (κ1) is 42.3. The summed E-state index contributed by atoms with van der Waals surface area (Å²) < 4.78 is 10.1. The van der Waals surface area contributed by atoms with Crippen LogP contribution in [0.25, 0.3) is 50.4 Å². The lowest BCUT2D eigenvalue weighted by atomic mass is 9.84. The van der Waals surface area contributed by atoms with Crippen LogP contribution in [-0.2, 0) is 31.9 Å². The molecule has 61 heavy (non-hydrogen) atoms. The third-order valence-electron chi connectivity index (χ3n) is 12.3. The van der Waals surface area contributed by atoms with Gasteiger partial charge in [-0.05, 0) is 133 Å². The van der Waals surface area contributed by atoms with Crippen molar-refractivity contribution in [3.63, 3.8) is 0 Å². The Morgan fingerprint density at radius 2 is 1.16 bits per heavy atom. The van der Waals surface area contributed by atoms with Crippen molar-refractivity contribution in [3.8, 4) is 6.07 Å². The summed E-state index contributed by atoms with van der Waals surface area (Å²) in [5, 5.41) is 11.1. The molecule has 9 nitrogen and oxygen atoms in total. The Morgan fingerprint density at radius 1 is 0.672 bits per heavy atom. The number of rotatable bonds is 12. The molecule has 0 amide bonds. The second-order valence-corrected chi connectivity index (χ2v) is 15.7. The van der Waals surface area contributed by atoms with Crippen LogP contribution in [0.3, 0.4) is 0 Å². The average Bonchev–Trinajstić information content (AvgIpc) is 3.96. The molecule has 0 radical (unpaired) electrons. The molecule has 0 saturated carbocycles. The number of carbonyl (C=O) groups is 2. The quantitative estimate of drug-likeness (QED) is 0.0946. The van der Waals surface area contributed by atoms with Crippen molar-refractivity contribution >= 4 is 62.4 Å². The Balaban J connectivity index is 1.64. The monoisotopic (exact) mass is 811 g/mol. The van der Waals surface area contributed by atoms with E-state index in [0.717, 1.165) is 112 Å². The number of hydrogen-bond acceptors (Lipinski definition) is 7. The number of fused-ring (bicyclic) bond motifs is 8. The third kappa shape index (κ3) is 8.36. The highest BCUT2D eigenvalue weighted by molar-refractivity contribution is 5.99. The molecule has 9 heteroatoms. The first-order chi connectivity index (χ1) is 29.5. The van der Waals surface area contributed by atoms with Gasteiger partial charge in [-0.15, -0.1) is 0 Å². The number of carbonyl (C=O) groups excluding carboxylic acids is 2. The molecule has 8 bridgehead atoms. The zero-order valence-electron chi connectivity index (χ0n) is 36.4. The number of methoxy groups -OCH3 is 2. The first-order valence-corrected chi connectivity index (χ1v) is 21.0. The van der Waals surface area contributed by atoms with Crippen LogP contribution in [0.15, 0.2) is 84.4 Å². The van der Waals surface area contributed by atoms with E-state index in [1.54, 1.807) is 0 Å². The number of aromatic nitrogens is 4. The smallest absolute Gasteiger partial charge is 0.305 e. The van der Waals surface area contributed by atoms with E-state index in [2.05, 4.69) is 100 Å². The van der Waals surface area contributed by atoms with Gasteiger partial charge >= 0.3 is 11.9 Å². The van der Waals surface area contributed by atoms with Gasteiger partial charge in [-0.3, -0.25) is 9.59 Å². The maximum absolute atomic E-state index is 12.5. The van der Waals surface area contributed by atoms with Crippen LogP contribution >= 0.6 is 0 Å². The van der Waals surface area contributed by atoms with Crippen molar-refractivity contribution in [2.45, 2.75) is 86.0 Å². The van der Waals surface area contributed by atoms with Gasteiger partial charge in [-0.25, -0.2) is 9.97 Å². The van der Waals surface area contributed by atoms with Gasteiger partial charge in [0.2, 0.25) is 0 Å². The molecule has 5 aromatic rings. The number of benzene rings is 2. The van der Waals surface area contributed by atoms with E-state index in [1.807, 2.05) is 42.5 Å². The van der Waals surface area contributed by atoms with Crippen LogP contribution in [0, 0.1) is 25.2 Å². The Labute approximate surface area is 357 Å². The van der Waals surface area contributed by atoms with Crippen LogP contribution in [-0.4, -0.2) is 46.1 Å². The minimum atomic E-state index is -0.331. The minimum absolute atomic E-state index is 0.216. The second kappa shape index (κ2) is 18.2. The zero-order valence-corrected chi connectivity index (χ0v) is 36.4. The summed E-state index contributed by atoms with van der Waals surface area (Å²) in [6, 6.07) is 29.3. The number of esters is 2. The van der Waals surface area contributed by atoms with Crippen LogP contribution in [0.4, 0.5) is 0 Å². The standard InChI is InChI=1S/C52H53N5O4/c1-9-37-33(6)51-41(25-36(29-53)50(34-17-13-11-14-18-34)35-19-15-12-16-20-35)52-38(10-2)30(3)44(56-52)26-42-31(4)39(21-23-48(58)60-7)46(54-42)28-47-40(22-24-49(59)61-8)32(5)43(55-47)27-45(37)57-51/h11-20,25-28,50,54-55H,9-10,21-24H2,1-8H3/b36-25+,42-26?,43-27?,44-26?,45-27?,46-28?,47-28?,51-41?,52-41?. The van der Waals surface area contributed by atoms with Crippen LogP contribution in [0.2, 0.25) is 0 Å². The summed E-state index contributed by atoms with van der Waals surface area (Å²) in [6.45, 7) is 12.7. The zero-order chi connectivity index (χ0) is 43.4. The fourth-order valence-electron chi connectivity index (χ4n) is 8.87. The molecule has 0 fully saturated rings. The Bertz CT molecular complexity index is 2790. The second-order valence-electron chi connectivity index (χ2n) is 15.7. The van der Waals surface area contributed by atoms with E-state index >= 15 is 0 Å². The maximum Gasteiger partial charge on any atom is 0.305 e. The number of nitriles is 1. The summed E-state index contributed by atoms with van der Waals surface area (Å²) in [5.74, 6) is -0.904. The van der Waals surface area contributed by atoms with Gasteiger partial charge in [0.1, 0.15) is 0 Å². The summed E-state index contributed by atoms with van der Waals surface area (Å²) in [5.41, 5.74) is 18.3. The predicted octanol–water partition coefficient (Wildman–Crippen LogP) is 11.6. The molecule has 2 aliphatic rings. The fraction of sp³-hybridized carbons (Fsp3) is 0.288. The van der Waals surface area contributed by atoms with Crippen molar-refractivity contribution in [1.82, 2.24) is 19.9 Å². The summed E-state index contributed by atoms with van der Waals surface area (Å²) in [6.07, 6.45) is 4.84. The molecular weight excluding hydrogens is 759 g/mol.